The summed E-state index contributed by atoms with van der Waals surface area (Å²) in [6.07, 6.45) is -0.0225. The van der Waals surface area contributed by atoms with E-state index in [9.17, 15) is 9.59 Å². The number of hydrogen-bond acceptors (Lipinski definition) is 5. The quantitative estimate of drug-likeness (QED) is 0.748. The summed E-state index contributed by atoms with van der Waals surface area (Å²) >= 11 is 0. The predicted octanol–water partition coefficient (Wildman–Crippen LogP) is 3.89. The Morgan fingerprint density at radius 2 is 1.67 bits per heavy atom. The number of nitrogens with one attached hydrogen (secondary N) is 1. The highest BCUT2D eigenvalue weighted by Gasteiger charge is 2.15. The molecule has 6 nitrogen and oxygen atoms in total. The molecule has 0 atom stereocenters. The molecule has 27 heavy (non-hydrogen) atoms. The molecule has 0 aliphatic rings. The highest BCUT2D eigenvalue weighted by Crippen LogP contribution is 2.29. The molecule has 0 aromatic heterocycles. The minimum Gasteiger partial charge on any atom is -0.493 e. The molecule has 1 amide bonds. The van der Waals surface area contributed by atoms with Gasteiger partial charge in [0.25, 0.3) is 5.91 Å². The number of methoxy groups -OCH3 is 1. The molecule has 0 saturated heterocycles. The van der Waals surface area contributed by atoms with Crippen molar-refractivity contribution < 1.29 is 23.8 Å². The highest BCUT2D eigenvalue weighted by atomic mass is 16.5. The number of carbonyl (C=O) groups excluding carboxylic acids is 2. The lowest BCUT2D eigenvalue weighted by Crippen LogP contribution is -2.21. The van der Waals surface area contributed by atoms with Gasteiger partial charge < -0.3 is 19.5 Å². The van der Waals surface area contributed by atoms with Crippen molar-refractivity contribution in [3.8, 4) is 11.5 Å². The van der Waals surface area contributed by atoms with E-state index in [1.165, 1.54) is 13.2 Å². The van der Waals surface area contributed by atoms with Gasteiger partial charge >= 0.3 is 5.97 Å². The lowest BCUT2D eigenvalue weighted by molar-refractivity contribution is -0.119. The smallest absolute Gasteiger partial charge is 0.338 e. The van der Waals surface area contributed by atoms with Crippen LogP contribution in [0.4, 0.5) is 5.69 Å². The first-order chi connectivity index (χ1) is 12.8. The summed E-state index contributed by atoms with van der Waals surface area (Å²) in [7, 11) is 1.49. The molecule has 6 heteroatoms. The summed E-state index contributed by atoms with van der Waals surface area (Å²) < 4.78 is 16.0. The molecule has 2 rings (SSSR count). The molecule has 0 aliphatic heterocycles. The van der Waals surface area contributed by atoms with E-state index >= 15 is 0 Å². The maximum absolute atomic E-state index is 12.2. The lowest BCUT2D eigenvalue weighted by atomic mass is 10.1. The number of rotatable bonds is 7. The van der Waals surface area contributed by atoms with Gasteiger partial charge in [-0.25, -0.2) is 4.79 Å². The van der Waals surface area contributed by atoms with Crippen molar-refractivity contribution in [2.75, 3.05) is 19.0 Å². The van der Waals surface area contributed by atoms with Crippen LogP contribution in [-0.2, 0) is 9.53 Å². The van der Waals surface area contributed by atoms with Gasteiger partial charge in [-0.05, 0) is 69.2 Å². The topological polar surface area (TPSA) is 73.9 Å². The van der Waals surface area contributed by atoms with Crippen molar-refractivity contribution in [1.82, 2.24) is 0 Å². The fraction of sp³-hybridized carbons (Fsp3) is 0.333. The Morgan fingerprint density at radius 1 is 1.00 bits per heavy atom. The largest absolute Gasteiger partial charge is 0.493 e. The second-order valence-corrected chi connectivity index (χ2v) is 6.53. The Labute approximate surface area is 159 Å². The maximum Gasteiger partial charge on any atom is 0.338 e. The molecule has 0 heterocycles. The monoisotopic (exact) mass is 371 g/mol. The van der Waals surface area contributed by atoms with Crippen LogP contribution >= 0.6 is 0 Å². The molecule has 144 valence electrons. The van der Waals surface area contributed by atoms with Gasteiger partial charge in [-0.2, -0.15) is 0 Å². The van der Waals surface area contributed by atoms with E-state index in [0.717, 1.165) is 11.1 Å². The van der Waals surface area contributed by atoms with Crippen LogP contribution in [0, 0.1) is 13.8 Å². The van der Waals surface area contributed by atoms with Crippen molar-refractivity contribution in [2.45, 2.75) is 33.8 Å². The van der Waals surface area contributed by atoms with E-state index in [4.69, 9.17) is 14.2 Å². The van der Waals surface area contributed by atoms with Crippen molar-refractivity contribution in [3.05, 3.63) is 53.1 Å². The van der Waals surface area contributed by atoms with Crippen LogP contribution in [0.1, 0.15) is 35.3 Å². The third-order valence-corrected chi connectivity index (χ3v) is 3.60. The highest BCUT2D eigenvalue weighted by molar-refractivity contribution is 5.95. The van der Waals surface area contributed by atoms with Gasteiger partial charge in [0.2, 0.25) is 0 Å². The van der Waals surface area contributed by atoms with Crippen molar-refractivity contribution >= 4 is 17.6 Å². The third kappa shape index (κ3) is 6.02. The molecule has 0 unspecified atom stereocenters. The number of ether oxygens (including phenoxy) is 3. The fourth-order valence-electron chi connectivity index (χ4n) is 2.60. The number of benzene rings is 2. The van der Waals surface area contributed by atoms with Gasteiger partial charge in [-0.3, -0.25) is 4.79 Å². The standard InChI is InChI=1S/C21H25NO5/c1-13(2)27-18-7-6-16(11-19(18)25-5)21(24)26-12-20(23)22-17-9-14(3)8-15(4)10-17/h6-11,13H,12H2,1-5H3,(H,22,23). The first kappa shape index (κ1) is 20.3. The molecule has 0 bridgehead atoms. The Kier molecular flexibility index (Phi) is 6.82. The Bertz CT molecular complexity index is 809. The van der Waals surface area contributed by atoms with Crippen LogP contribution in [0.25, 0.3) is 0 Å². The van der Waals surface area contributed by atoms with Crippen molar-refractivity contribution in [1.29, 1.82) is 0 Å². The SMILES string of the molecule is COc1cc(C(=O)OCC(=O)Nc2cc(C)cc(C)c2)ccc1OC(C)C. The summed E-state index contributed by atoms with van der Waals surface area (Å²) in [4.78, 5) is 24.2. The Morgan fingerprint density at radius 3 is 2.26 bits per heavy atom. The average molecular weight is 371 g/mol. The average Bonchev–Trinajstić information content (AvgIpc) is 2.58. The Hall–Kier alpha value is -3.02. The number of aryl methyl sites for hydroxylation is 2. The molecular weight excluding hydrogens is 346 g/mol. The van der Waals surface area contributed by atoms with Gasteiger partial charge in [-0.15, -0.1) is 0 Å². The number of amides is 1. The van der Waals surface area contributed by atoms with E-state index in [2.05, 4.69) is 5.32 Å². The molecule has 2 aromatic rings. The lowest BCUT2D eigenvalue weighted by Gasteiger charge is -2.14. The van der Waals surface area contributed by atoms with E-state index in [1.807, 2.05) is 45.9 Å². The second kappa shape index (κ2) is 9.07. The maximum atomic E-state index is 12.2. The molecule has 0 radical (unpaired) electrons. The number of anilines is 1. The number of esters is 1. The summed E-state index contributed by atoms with van der Waals surface area (Å²) in [5, 5.41) is 2.72. The molecular formula is C21H25NO5. The third-order valence-electron chi connectivity index (χ3n) is 3.60. The van der Waals surface area contributed by atoms with Gasteiger partial charge in [-0.1, -0.05) is 6.07 Å². The van der Waals surface area contributed by atoms with Gasteiger partial charge in [0, 0.05) is 5.69 Å². The first-order valence-corrected chi connectivity index (χ1v) is 8.68. The van der Waals surface area contributed by atoms with Crippen LogP contribution < -0.4 is 14.8 Å². The van der Waals surface area contributed by atoms with Gasteiger partial charge in [0.05, 0.1) is 18.8 Å². The zero-order valence-electron chi connectivity index (χ0n) is 16.3. The summed E-state index contributed by atoms with van der Waals surface area (Å²) in [6.45, 7) is 7.32. The Balaban J connectivity index is 1.97. The predicted molar refractivity (Wildman–Crippen MR) is 104 cm³/mol. The molecule has 0 aliphatic carbocycles. The minimum absolute atomic E-state index is 0.0225. The summed E-state index contributed by atoms with van der Waals surface area (Å²) in [5.74, 6) is -0.0468. The summed E-state index contributed by atoms with van der Waals surface area (Å²) in [5.41, 5.74) is 3.03. The van der Waals surface area contributed by atoms with E-state index in [-0.39, 0.29) is 18.3 Å². The molecule has 1 N–H and O–H groups in total. The van der Waals surface area contributed by atoms with E-state index in [0.29, 0.717) is 17.2 Å². The normalized spacial score (nSPS) is 10.4. The second-order valence-electron chi connectivity index (χ2n) is 6.53. The molecule has 0 fully saturated rings. The summed E-state index contributed by atoms with van der Waals surface area (Å²) in [6, 6.07) is 10.5. The fourth-order valence-corrected chi connectivity index (χ4v) is 2.60. The van der Waals surface area contributed by atoms with Gasteiger partial charge in [0.1, 0.15) is 0 Å². The number of carbonyl (C=O) groups is 2. The van der Waals surface area contributed by atoms with Crippen molar-refractivity contribution in [2.24, 2.45) is 0 Å². The van der Waals surface area contributed by atoms with E-state index < -0.39 is 11.9 Å². The van der Waals surface area contributed by atoms with Gasteiger partial charge in [0.15, 0.2) is 18.1 Å². The first-order valence-electron chi connectivity index (χ1n) is 8.68. The zero-order chi connectivity index (χ0) is 20.0. The number of hydrogen-bond donors (Lipinski definition) is 1. The van der Waals surface area contributed by atoms with Crippen LogP contribution in [0.5, 0.6) is 11.5 Å². The van der Waals surface area contributed by atoms with Crippen LogP contribution in [0.3, 0.4) is 0 Å². The molecule has 2 aromatic carbocycles. The molecule has 0 spiro atoms. The molecule has 0 saturated carbocycles. The zero-order valence-corrected chi connectivity index (χ0v) is 16.3. The van der Waals surface area contributed by atoms with Crippen molar-refractivity contribution in [3.63, 3.8) is 0 Å². The van der Waals surface area contributed by atoms with Crippen LogP contribution in [0.15, 0.2) is 36.4 Å². The van der Waals surface area contributed by atoms with Crippen LogP contribution in [-0.4, -0.2) is 31.7 Å². The van der Waals surface area contributed by atoms with Crippen LogP contribution in [0.2, 0.25) is 0 Å². The minimum atomic E-state index is -0.611. The van der Waals surface area contributed by atoms with E-state index in [1.54, 1.807) is 12.1 Å².